The molecule has 2 aromatic carbocycles. The predicted octanol–water partition coefficient (Wildman–Crippen LogP) is 2.92. The maximum atomic E-state index is 14.2. The van der Waals surface area contributed by atoms with Crippen molar-refractivity contribution in [3.05, 3.63) is 88.5 Å². The van der Waals surface area contributed by atoms with Crippen molar-refractivity contribution < 1.29 is 14.4 Å². The Morgan fingerprint density at radius 1 is 1.22 bits per heavy atom. The van der Waals surface area contributed by atoms with Crippen LogP contribution in [0.4, 0.5) is 4.39 Å². The fourth-order valence-electron chi connectivity index (χ4n) is 4.07. The number of hydrogen-bond donors (Lipinski definition) is 2. The van der Waals surface area contributed by atoms with Crippen molar-refractivity contribution in [3.8, 4) is 0 Å². The Morgan fingerprint density at radius 3 is 2.74 bits per heavy atom. The standard InChI is InChI=1S/C21H20FN3O2/c1-14-17(8-5-9-18(14)22)21(20(26)24-27)10-16-12-23-25(19(16)11-21)13-15-6-3-2-4-7-15/h2-9,12,27H,10-11,13H2,1H3,(H,24,26)/t21-/m0/s1. The van der Waals surface area contributed by atoms with Crippen LogP contribution >= 0.6 is 0 Å². The van der Waals surface area contributed by atoms with Crippen molar-refractivity contribution in [1.29, 1.82) is 0 Å². The normalized spacial score (nSPS) is 18.3. The number of hydroxylamine groups is 1. The highest BCUT2D eigenvalue weighted by atomic mass is 19.1. The zero-order valence-electron chi connectivity index (χ0n) is 14.9. The topological polar surface area (TPSA) is 67.2 Å². The molecule has 5 nitrogen and oxygen atoms in total. The molecular formula is C21H20FN3O2. The molecule has 0 radical (unpaired) electrons. The molecule has 4 rings (SSSR count). The molecule has 1 aliphatic carbocycles. The molecule has 0 saturated carbocycles. The second-order valence-corrected chi connectivity index (χ2v) is 7.05. The van der Waals surface area contributed by atoms with Gasteiger partial charge in [0.05, 0.1) is 18.2 Å². The van der Waals surface area contributed by atoms with Gasteiger partial charge in [-0.3, -0.25) is 14.7 Å². The minimum absolute atomic E-state index is 0.353. The van der Waals surface area contributed by atoms with Gasteiger partial charge in [0.25, 0.3) is 5.91 Å². The molecule has 1 heterocycles. The minimum Gasteiger partial charge on any atom is -0.289 e. The van der Waals surface area contributed by atoms with E-state index in [4.69, 9.17) is 0 Å². The summed E-state index contributed by atoms with van der Waals surface area (Å²) in [4.78, 5) is 12.7. The number of nitrogens with zero attached hydrogens (tertiary/aromatic N) is 2. The van der Waals surface area contributed by atoms with Crippen molar-refractivity contribution in [3.63, 3.8) is 0 Å². The molecule has 0 spiro atoms. The number of hydrogen-bond acceptors (Lipinski definition) is 3. The van der Waals surface area contributed by atoms with Crippen LogP contribution in [0.5, 0.6) is 0 Å². The van der Waals surface area contributed by atoms with Crippen LogP contribution in [0.15, 0.2) is 54.7 Å². The third-order valence-corrected chi connectivity index (χ3v) is 5.49. The van der Waals surface area contributed by atoms with Gasteiger partial charge >= 0.3 is 0 Å². The molecule has 138 valence electrons. The lowest BCUT2D eigenvalue weighted by Crippen LogP contribution is -2.45. The molecule has 1 aliphatic rings. The zero-order valence-corrected chi connectivity index (χ0v) is 14.9. The molecule has 2 N–H and O–H groups in total. The van der Waals surface area contributed by atoms with E-state index in [2.05, 4.69) is 5.10 Å². The van der Waals surface area contributed by atoms with Crippen LogP contribution in [-0.2, 0) is 29.6 Å². The molecule has 1 atom stereocenters. The number of nitrogens with one attached hydrogen (secondary N) is 1. The lowest BCUT2D eigenvalue weighted by molar-refractivity contribution is -0.135. The summed E-state index contributed by atoms with van der Waals surface area (Å²) in [6.45, 7) is 2.26. The second-order valence-electron chi connectivity index (χ2n) is 7.05. The molecule has 0 aliphatic heterocycles. The molecular weight excluding hydrogens is 345 g/mol. The lowest BCUT2D eigenvalue weighted by atomic mass is 9.75. The van der Waals surface area contributed by atoms with E-state index in [0.717, 1.165) is 16.8 Å². The number of carbonyl (C=O) groups excluding carboxylic acids is 1. The number of halogens is 1. The summed E-state index contributed by atoms with van der Waals surface area (Å²) in [5.41, 5.74) is 4.75. The number of aromatic nitrogens is 2. The zero-order chi connectivity index (χ0) is 19.0. The summed E-state index contributed by atoms with van der Waals surface area (Å²) in [7, 11) is 0. The van der Waals surface area contributed by atoms with Crippen LogP contribution in [0.1, 0.15) is 27.9 Å². The fraction of sp³-hybridized carbons (Fsp3) is 0.238. The first-order chi connectivity index (χ1) is 13.0. The Bertz CT molecular complexity index is 1000. The Hall–Kier alpha value is -2.99. The molecule has 3 aromatic rings. The quantitative estimate of drug-likeness (QED) is 0.552. The summed E-state index contributed by atoms with van der Waals surface area (Å²) in [6.07, 6.45) is 2.49. The van der Waals surface area contributed by atoms with Gasteiger partial charge in [0.1, 0.15) is 5.82 Å². The van der Waals surface area contributed by atoms with Crippen molar-refractivity contribution in [2.45, 2.75) is 31.7 Å². The van der Waals surface area contributed by atoms with Crippen molar-refractivity contribution >= 4 is 5.91 Å². The molecule has 0 saturated heterocycles. The molecule has 0 fully saturated rings. The second kappa shape index (κ2) is 6.63. The number of amides is 1. The van der Waals surface area contributed by atoms with Gasteiger partial charge in [0, 0.05) is 12.1 Å². The van der Waals surface area contributed by atoms with Gasteiger partial charge in [-0.2, -0.15) is 5.10 Å². The number of carbonyl (C=O) groups is 1. The average Bonchev–Trinajstić information content (AvgIpc) is 3.24. The largest absolute Gasteiger partial charge is 0.289 e. The molecule has 6 heteroatoms. The lowest BCUT2D eigenvalue weighted by Gasteiger charge is -2.29. The Balaban J connectivity index is 1.75. The third-order valence-electron chi connectivity index (χ3n) is 5.49. The van der Waals surface area contributed by atoms with Gasteiger partial charge in [-0.25, -0.2) is 9.87 Å². The van der Waals surface area contributed by atoms with E-state index in [0.29, 0.717) is 30.5 Å². The van der Waals surface area contributed by atoms with Gasteiger partial charge in [-0.1, -0.05) is 42.5 Å². The number of benzene rings is 2. The van der Waals surface area contributed by atoms with Gasteiger partial charge in [0.15, 0.2) is 0 Å². The van der Waals surface area contributed by atoms with E-state index >= 15 is 0 Å². The summed E-state index contributed by atoms with van der Waals surface area (Å²) >= 11 is 0. The smallest absolute Gasteiger partial charge is 0.254 e. The van der Waals surface area contributed by atoms with Crippen molar-refractivity contribution in [1.82, 2.24) is 15.3 Å². The molecule has 1 amide bonds. The van der Waals surface area contributed by atoms with Gasteiger partial charge in [0.2, 0.25) is 0 Å². The Labute approximate surface area is 156 Å². The van der Waals surface area contributed by atoms with E-state index in [1.54, 1.807) is 30.7 Å². The highest BCUT2D eigenvalue weighted by Gasteiger charge is 2.48. The molecule has 1 aromatic heterocycles. The third kappa shape index (κ3) is 2.82. The van der Waals surface area contributed by atoms with E-state index in [1.165, 1.54) is 6.07 Å². The first-order valence-electron chi connectivity index (χ1n) is 8.83. The van der Waals surface area contributed by atoms with Gasteiger partial charge in [-0.15, -0.1) is 0 Å². The van der Waals surface area contributed by atoms with Crippen LogP contribution < -0.4 is 5.48 Å². The maximum absolute atomic E-state index is 14.2. The molecule has 0 bridgehead atoms. The van der Waals surface area contributed by atoms with E-state index in [1.807, 2.05) is 35.0 Å². The summed E-state index contributed by atoms with van der Waals surface area (Å²) in [5, 5.41) is 13.9. The Kier molecular flexibility index (Phi) is 4.28. The summed E-state index contributed by atoms with van der Waals surface area (Å²) in [6, 6.07) is 14.7. The fourth-order valence-corrected chi connectivity index (χ4v) is 4.07. The first kappa shape index (κ1) is 17.4. The molecule has 27 heavy (non-hydrogen) atoms. The Morgan fingerprint density at radius 2 is 2.00 bits per heavy atom. The minimum atomic E-state index is -1.05. The summed E-state index contributed by atoms with van der Waals surface area (Å²) in [5.74, 6) is -0.891. The average molecular weight is 365 g/mol. The van der Waals surface area contributed by atoms with Crippen molar-refractivity contribution in [2.75, 3.05) is 0 Å². The maximum Gasteiger partial charge on any atom is 0.254 e. The van der Waals surface area contributed by atoms with Gasteiger partial charge < -0.3 is 0 Å². The highest BCUT2D eigenvalue weighted by Crippen LogP contribution is 2.42. The number of rotatable bonds is 4. The van der Waals surface area contributed by atoms with Crippen LogP contribution in [0.25, 0.3) is 0 Å². The number of fused-ring (bicyclic) bond motifs is 1. The van der Waals surface area contributed by atoms with E-state index in [-0.39, 0.29) is 5.82 Å². The van der Waals surface area contributed by atoms with Gasteiger partial charge in [-0.05, 0) is 41.7 Å². The van der Waals surface area contributed by atoms with Crippen molar-refractivity contribution in [2.24, 2.45) is 0 Å². The van der Waals surface area contributed by atoms with Crippen LogP contribution in [-0.4, -0.2) is 20.9 Å². The first-order valence-corrected chi connectivity index (χ1v) is 8.83. The highest BCUT2D eigenvalue weighted by molar-refractivity contribution is 5.89. The van der Waals surface area contributed by atoms with Crippen LogP contribution in [0.3, 0.4) is 0 Å². The van der Waals surface area contributed by atoms with Crippen LogP contribution in [0, 0.1) is 12.7 Å². The van der Waals surface area contributed by atoms with E-state index < -0.39 is 11.3 Å². The monoisotopic (exact) mass is 365 g/mol. The van der Waals surface area contributed by atoms with Crippen LogP contribution in [0.2, 0.25) is 0 Å². The van der Waals surface area contributed by atoms with E-state index in [9.17, 15) is 14.4 Å². The summed E-state index contributed by atoms with van der Waals surface area (Å²) < 4.78 is 16.1. The molecule has 0 unspecified atom stereocenters. The predicted molar refractivity (Wildman–Crippen MR) is 97.9 cm³/mol. The SMILES string of the molecule is Cc1c(F)cccc1[C@]1(C(=O)NO)Cc2cnn(Cc3ccccc3)c2C1.